The molecule has 6 nitrogen and oxygen atoms in total. The molecule has 0 aliphatic carbocycles. The zero-order valence-corrected chi connectivity index (χ0v) is 8.34. The summed E-state index contributed by atoms with van der Waals surface area (Å²) in [6, 6.07) is 3.06. The number of carboxylic acids is 1. The van der Waals surface area contributed by atoms with Gasteiger partial charge in [-0.1, -0.05) is 0 Å². The summed E-state index contributed by atoms with van der Waals surface area (Å²) in [4.78, 5) is 26.2. The average Bonchev–Trinajstić information content (AvgIpc) is 2.53. The maximum Gasteiger partial charge on any atom is 0.356 e. The van der Waals surface area contributed by atoms with E-state index >= 15 is 0 Å². The van der Waals surface area contributed by atoms with Crippen molar-refractivity contribution in [3.05, 3.63) is 24.0 Å². The number of fused-ring (bicyclic) bond motifs is 1. The van der Waals surface area contributed by atoms with Gasteiger partial charge in [0.15, 0.2) is 17.1 Å². The molecule has 0 saturated heterocycles. The standard InChI is InChI=1S/C10H8N2O4/c1-5(13)12-7(10(15)16)8(14)6-3-2-4-11-9(6)12/h2-4,14H,1H3,(H,15,16). The van der Waals surface area contributed by atoms with Crippen LogP contribution in [-0.2, 0) is 0 Å². The summed E-state index contributed by atoms with van der Waals surface area (Å²) in [5.74, 6) is -2.32. The van der Waals surface area contributed by atoms with E-state index in [0.29, 0.717) is 0 Å². The molecule has 16 heavy (non-hydrogen) atoms. The highest BCUT2D eigenvalue weighted by Gasteiger charge is 2.24. The lowest BCUT2D eigenvalue weighted by molar-refractivity contribution is 0.0672. The molecular weight excluding hydrogens is 212 g/mol. The molecular formula is C10H8N2O4. The third-order valence-electron chi connectivity index (χ3n) is 2.22. The molecule has 0 radical (unpaired) electrons. The summed E-state index contributed by atoms with van der Waals surface area (Å²) >= 11 is 0. The topological polar surface area (TPSA) is 92.4 Å². The predicted molar refractivity (Wildman–Crippen MR) is 54.7 cm³/mol. The van der Waals surface area contributed by atoms with E-state index in [1.807, 2.05) is 0 Å². The first kappa shape index (κ1) is 10.2. The van der Waals surface area contributed by atoms with Crippen LogP contribution in [0.25, 0.3) is 11.0 Å². The van der Waals surface area contributed by atoms with Gasteiger partial charge in [0.1, 0.15) is 0 Å². The minimum absolute atomic E-state index is 0.143. The smallest absolute Gasteiger partial charge is 0.356 e. The SMILES string of the molecule is CC(=O)n1c(C(=O)O)c(O)c2cccnc21. The molecule has 0 aliphatic rings. The van der Waals surface area contributed by atoms with Gasteiger partial charge < -0.3 is 10.2 Å². The molecule has 6 heteroatoms. The molecule has 2 N–H and O–H groups in total. The number of pyridine rings is 1. The number of rotatable bonds is 1. The van der Waals surface area contributed by atoms with Crippen LogP contribution in [0.1, 0.15) is 22.2 Å². The Labute approximate surface area is 89.8 Å². The minimum atomic E-state index is -1.37. The molecule has 0 aliphatic heterocycles. The van der Waals surface area contributed by atoms with Gasteiger partial charge in [-0.2, -0.15) is 0 Å². The van der Waals surface area contributed by atoms with Crippen molar-refractivity contribution in [2.45, 2.75) is 6.92 Å². The quantitative estimate of drug-likeness (QED) is 0.750. The van der Waals surface area contributed by atoms with Crippen LogP contribution >= 0.6 is 0 Å². The molecule has 0 aromatic carbocycles. The van der Waals surface area contributed by atoms with Crippen molar-refractivity contribution in [1.29, 1.82) is 0 Å². The predicted octanol–water partition coefficient (Wildman–Crippen LogP) is 1.10. The fraction of sp³-hybridized carbons (Fsp3) is 0.100. The van der Waals surface area contributed by atoms with Crippen molar-refractivity contribution in [3.63, 3.8) is 0 Å². The van der Waals surface area contributed by atoms with Gasteiger partial charge in [-0.3, -0.25) is 9.36 Å². The summed E-state index contributed by atoms with van der Waals surface area (Å²) in [6.45, 7) is 1.21. The molecule has 0 saturated carbocycles. The Morgan fingerprint density at radius 3 is 2.69 bits per heavy atom. The second-order valence-electron chi connectivity index (χ2n) is 3.23. The molecule has 0 spiro atoms. The van der Waals surface area contributed by atoms with Crippen molar-refractivity contribution >= 4 is 22.9 Å². The minimum Gasteiger partial charge on any atom is -0.505 e. The summed E-state index contributed by atoms with van der Waals surface area (Å²) in [5.41, 5.74) is -0.314. The monoisotopic (exact) mass is 220 g/mol. The number of hydrogen-bond acceptors (Lipinski definition) is 4. The van der Waals surface area contributed by atoms with Crippen molar-refractivity contribution < 1.29 is 19.8 Å². The Morgan fingerprint density at radius 2 is 2.12 bits per heavy atom. The highest BCUT2D eigenvalue weighted by atomic mass is 16.4. The van der Waals surface area contributed by atoms with Crippen LogP contribution in [-0.4, -0.2) is 31.6 Å². The molecule has 82 valence electrons. The van der Waals surface area contributed by atoms with E-state index < -0.39 is 23.3 Å². The number of carbonyl (C=O) groups is 2. The first-order valence-corrected chi connectivity index (χ1v) is 4.46. The van der Waals surface area contributed by atoms with Crippen LogP contribution in [0.2, 0.25) is 0 Å². The van der Waals surface area contributed by atoms with E-state index in [0.717, 1.165) is 4.57 Å². The lowest BCUT2D eigenvalue weighted by Gasteiger charge is -2.00. The molecule has 2 rings (SSSR count). The Bertz CT molecular complexity index is 600. The third kappa shape index (κ3) is 1.23. The number of nitrogens with zero attached hydrogens (tertiary/aromatic N) is 2. The van der Waals surface area contributed by atoms with Crippen molar-refractivity contribution in [1.82, 2.24) is 9.55 Å². The maximum atomic E-state index is 11.3. The van der Waals surface area contributed by atoms with Crippen LogP contribution in [0.4, 0.5) is 0 Å². The van der Waals surface area contributed by atoms with E-state index in [2.05, 4.69) is 4.98 Å². The Morgan fingerprint density at radius 1 is 1.44 bits per heavy atom. The number of hydrogen-bond donors (Lipinski definition) is 2. The molecule has 0 fully saturated rings. The van der Waals surface area contributed by atoms with Crippen molar-refractivity contribution in [2.24, 2.45) is 0 Å². The Balaban J connectivity index is 2.97. The molecule has 2 heterocycles. The van der Waals surface area contributed by atoms with Gasteiger partial charge in [0.05, 0.1) is 5.39 Å². The molecule has 0 unspecified atom stereocenters. The van der Waals surface area contributed by atoms with Crippen LogP contribution in [0, 0.1) is 0 Å². The van der Waals surface area contributed by atoms with Gasteiger partial charge in [0.2, 0.25) is 5.91 Å². The number of carbonyl (C=O) groups excluding carboxylic acids is 1. The van der Waals surface area contributed by atoms with E-state index in [9.17, 15) is 14.7 Å². The highest BCUT2D eigenvalue weighted by Crippen LogP contribution is 2.30. The maximum absolute atomic E-state index is 11.3. The molecule has 2 aromatic rings. The fourth-order valence-electron chi connectivity index (χ4n) is 1.60. The second kappa shape index (κ2) is 3.34. The van der Waals surface area contributed by atoms with Gasteiger partial charge in [0.25, 0.3) is 0 Å². The molecule has 2 aromatic heterocycles. The van der Waals surface area contributed by atoms with Crippen LogP contribution < -0.4 is 0 Å². The van der Waals surface area contributed by atoms with Gasteiger partial charge in [-0.15, -0.1) is 0 Å². The highest BCUT2D eigenvalue weighted by molar-refractivity contribution is 6.05. The normalized spacial score (nSPS) is 10.6. The van der Waals surface area contributed by atoms with Crippen LogP contribution in [0.5, 0.6) is 5.75 Å². The van der Waals surface area contributed by atoms with Crippen LogP contribution in [0.15, 0.2) is 18.3 Å². The van der Waals surface area contributed by atoms with E-state index in [-0.39, 0.29) is 11.0 Å². The van der Waals surface area contributed by atoms with Gasteiger partial charge in [0, 0.05) is 13.1 Å². The number of aromatic nitrogens is 2. The van der Waals surface area contributed by atoms with E-state index in [1.54, 1.807) is 6.07 Å². The molecule has 0 atom stereocenters. The van der Waals surface area contributed by atoms with Crippen molar-refractivity contribution in [2.75, 3.05) is 0 Å². The molecule has 0 amide bonds. The lowest BCUT2D eigenvalue weighted by atomic mass is 10.3. The first-order valence-electron chi connectivity index (χ1n) is 4.46. The number of aromatic carboxylic acids is 1. The van der Waals surface area contributed by atoms with Gasteiger partial charge in [-0.05, 0) is 12.1 Å². The Kier molecular flexibility index (Phi) is 2.12. The first-order chi connectivity index (χ1) is 7.54. The van der Waals surface area contributed by atoms with E-state index in [1.165, 1.54) is 19.2 Å². The van der Waals surface area contributed by atoms with Crippen molar-refractivity contribution in [3.8, 4) is 5.75 Å². The summed E-state index contributed by atoms with van der Waals surface area (Å²) in [7, 11) is 0. The van der Waals surface area contributed by atoms with Gasteiger partial charge >= 0.3 is 5.97 Å². The van der Waals surface area contributed by atoms with Gasteiger partial charge in [-0.25, -0.2) is 9.78 Å². The zero-order chi connectivity index (χ0) is 11.9. The third-order valence-corrected chi connectivity index (χ3v) is 2.22. The molecule has 0 bridgehead atoms. The zero-order valence-electron chi connectivity index (χ0n) is 8.34. The summed E-state index contributed by atoms with van der Waals surface area (Å²) in [6.07, 6.45) is 1.42. The largest absolute Gasteiger partial charge is 0.505 e. The summed E-state index contributed by atoms with van der Waals surface area (Å²) in [5, 5.41) is 18.9. The number of aromatic hydroxyl groups is 1. The van der Waals surface area contributed by atoms with E-state index in [4.69, 9.17) is 5.11 Å². The fourth-order valence-corrected chi connectivity index (χ4v) is 1.60. The number of carboxylic acid groups (broad SMARTS) is 1. The summed E-state index contributed by atoms with van der Waals surface area (Å²) < 4.78 is 0.882. The van der Waals surface area contributed by atoms with Crippen LogP contribution in [0.3, 0.4) is 0 Å². The Hall–Kier alpha value is -2.37. The second-order valence-corrected chi connectivity index (χ2v) is 3.23. The average molecular weight is 220 g/mol. The lowest BCUT2D eigenvalue weighted by Crippen LogP contribution is -2.14.